The summed E-state index contributed by atoms with van der Waals surface area (Å²) >= 11 is 0. The molecule has 0 radical (unpaired) electrons. The molecule has 0 spiro atoms. The SMILES string of the molecule is CC(=O)NCCS(=O)(=O)Cc1cc(N2CCOC[C@@H]2C)nc(-c2ccc(NC(=O)NC(=N)/C=C\O)cc2)n1. The molecule has 5 N–H and O–H groups in total. The number of morpholine rings is 1. The van der Waals surface area contributed by atoms with E-state index in [2.05, 4.69) is 20.9 Å². The maximum absolute atomic E-state index is 12.7. The highest BCUT2D eigenvalue weighted by Crippen LogP contribution is 2.25. The quantitative estimate of drug-likeness (QED) is 0.177. The van der Waals surface area contributed by atoms with Crippen LogP contribution in [0.15, 0.2) is 42.7 Å². The number of benzene rings is 1. The number of urea groups is 1. The number of carbonyl (C=O) groups is 2. The highest BCUT2D eigenvalue weighted by Gasteiger charge is 2.23. The van der Waals surface area contributed by atoms with Crippen molar-refractivity contribution >= 4 is 39.1 Å². The molecule has 1 atom stereocenters. The van der Waals surface area contributed by atoms with Crippen molar-refractivity contribution in [2.24, 2.45) is 0 Å². The van der Waals surface area contributed by atoms with E-state index in [0.29, 0.717) is 54.6 Å². The first-order valence-electron chi connectivity index (χ1n) is 11.8. The van der Waals surface area contributed by atoms with Crippen LogP contribution in [0.25, 0.3) is 11.4 Å². The third kappa shape index (κ3) is 8.52. The van der Waals surface area contributed by atoms with Crippen molar-refractivity contribution in [3.8, 4) is 11.4 Å². The van der Waals surface area contributed by atoms with Crippen LogP contribution in [-0.2, 0) is 25.1 Å². The topological polar surface area (TPSA) is 187 Å². The number of ether oxygens (including phenoxy) is 1. The fourth-order valence-electron chi connectivity index (χ4n) is 3.68. The number of hydrogen-bond donors (Lipinski definition) is 5. The number of amides is 3. The minimum absolute atomic E-state index is 0.0146. The van der Waals surface area contributed by atoms with Gasteiger partial charge in [0.2, 0.25) is 5.91 Å². The van der Waals surface area contributed by atoms with Crippen molar-refractivity contribution in [1.29, 1.82) is 5.41 Å². The Labute approximate surface area is 220 Å². The zero-order valence-corrected chi connectivity index (χ0v) is 21.9. The van der Waals surface area contributed by atoms with Crippen molar-refractivity contribution < 1.29 is 27.9 Å². The van der Waals surface area contributed by atoms with Crippen LogP contribution in [0.2, 0.25) is 0 Å². The Hall–Kier alpha value is -4.04. The van der Waals surface area contributed by atoms with E-state index < -0.39 is 15.9 Å². The second-order valence-electron chi connectivity index (χ2n) is 8.62. The number of amidine groups is 1. The Morgan fingerprint density at radius 2 is 2.00 bits per heavy atom. The van der Waals surface area contributed by atoms with E-state index in [1.807, 2.05) is 11.8 Å². The summed E-state index contributed by atoms with van der Waals surface area (Å²) in [7, 11) is -3.57. The third-order valence-electron chi connectivity index (χ3n) is 5.47. The van der Waals surface area contributed by atoms with E-state index in [4.69, 9.17) is 20.2 Å². The molecule has 13 nitrogen and oxygen atoms in total. The standard InChI is InChI=1S/C24H31N7O6S/c1-16-14-37-11-9-31(16)22-13-20(15-38(35,36)12-8-26-17(2)33)27-23(30-22)18-3-5-19(6-4-18)28-24(34)29-21(25)7-10-32/h3-7,10,13,16,32H,8-9,11-12,14-15H2,1-2H3,(H,26,33)(H3,25,28,29,34)/b10-7-/t16-/m0/s1. The number of aliphatic hydroxyl groups excluding tert-OH is 1. The molecule has 14 heteroatoms. The summed E-state index contributed by atoms with van der Waals surface area (Å²) in [5.74, 6) is -0.230. The van der Waals surface area contributed by atoms with E-state index in [1.165, 1.54) is 6.92 Å². The Morgan fingerprint density at radius 3 is 2.66 bits per heavy atom. The molecular formula is C24H31N7O6S. The van der Waals surface area contributed by atoms with Gasteiger partial charge in [0, 0.05) is 43.4 Å². The maximum Gasteiger partial charge on any atom is 0.324 e. The Morgan fingerprint density at radius 1 is 1.26 bits per heavy atom. The lowest BCUT2D eigenvalue weighted by Gasteiger charge is -2.34. The van der Waals surface area contributed by atoms with E-state index in [-0.39, 0.29) is 35.8 Å². The molecule has 0 aliphatic carbocycles. The van der Waals surface area contributed by atoms with Crippen LogP contribution in [0.4, 0.5) is 16.3 Å². The van der Waals surface area contributed by atoms with E-state index in [0.717, 1.165) is 6.08 Å². The van der Waals surface area contributed by atoms with Gasteiger partial charge in [-0.25, -0.2) is 23.2 Å². The number of anilines is 2. The minimum Gasteiger partial charge on any atom is -0.515 e. The van der Waals surface area contributed by atoms with Gasteiger partial charge in [-0.3, -0.25) is 15.5 Å². The fourth-order valence-corrected chi connectivity index (χ4v) is 4.84. The summed E-state index contributed by atoms with van der Waals surface area (Å²) in [5.41, 5.74) is 1.36. The van der Waals surface area contributed by atoms with Gasteiger partial charge < -0.3 is 25.4 Å². The number of nitrogens with zero attached hydrogens (tertiary/aromatic N) is 3. The fraction of sp³-hybridized carbons (Fsp3) is 0.375. The molecule has 38 heavy (non-hydrogen) atoms. The molecule has 2 aromatic rings. The zero-order chi connectivity index (χ0) is 27.7. The van der Waals surface area contributed by atoms with Gasteiger partial charge in [-0.05, 0) is 31.2 Å². The molecule has 0 unspecified atom stereocenters. The van der Waals surface area contributed by atoms with Crippen LogP contribution >= 0.6 is 0 Å². The number of rotatable bonds is 9. The van der Waals surface area contributed by atoms with Crippen molar-refractivity contribution in [3.63, 3.8) is 0 Å². The summed E-state index contributed by atoms with van der Waals surface area (Å²) in [5, 5.41) is 23.5. The van der Waals surface area contributed by atoms with Crippen LogP contribution in [-0.4, -0.2) is 79.4 Å². The van der Waals surface area contributed by atoms with Crippen molar-refractivity contribution in [3.05, 3.63) is 48.4 Å². The van der Waals surface area contributed by atoms with Gasteiger partial charge in [0.25, 0.3) is 0 Å². The first-order valence-corrected chi connectivity index (χ1v) is 13.6. The molecule has 0 saturated carbocycles. The number of aromatic nitrogens is 2. The molecule has 2 heterocycles. The number of nitrogens with one attached hydrogen (secondary N) is 4. The lowest BCUT2D eigenvalue weighted by atomic mass is 10.2. The second kappa shape index (κ2) is 13.0. The number of carbonyl (C=O) groups excluding carboxylic acids is 2. The van der Waals surface area contributed by atoms with Gasteiger partial charge in [-0.2, -0.15) is 0 Å². The van der Waals surface area contributed by atoms with Crippen LogP contribution < -0.4 is 20.9 Å². The number of hydrogen-bond acceptors (Lipinski definition) is 10. The molecule has 1 aromatic carbocycles. The van der Waals surface area contributed by atoms with Crippen molar-refractivity contribution in [2.45, 2.75) is 25.6 Å². The maximum atomic E-state index is 12.7. The van der Waals surface area contributed by atoms with Gasteiger partial charge in [-0.1, -0.05) is 0 Å². The lowest BCUT2D eigenvalue weighted by Crippen LogP contribution is -2.44. The average Bonchev–Trinajstić information content (AvgIpc) is 2.84. The average molecular weight is 546 g/mol. The summed E-state index contributed by atoms with van der Waals surface area (Å²) in [6.45, 7) is 4.95. The first kappa shape index (κ1) is 28.5. The van der Waals surface area contributed by atoms with Crippen LogP contribution in [0.1, 0.15) is 19.5 Å². The first-order chi connectivity index (χ1) is 18.1. The molecule has 0 bridgehead atoms. The van der Waals surface area contributed by atoms with Gasteiger partial charge in [-0.15, -0.1) is 0 Å². The summed E-state index contributed by atoms with van der Waals surface area (Å²) in [4.78, 5) is 34.3. The van der Waals surface area contributed by atoms with Crippen LogP contribution in [0, 0.1) is 5.41 Å². The van der Waals surface area contributed by atoms with Crippen molar-refractivity contribution in [1.82, 2.24) is 20.6 Å². The molecular weight excluding hydrogens is 514 g/mol. The Kier molecular flexibility index (Phi) is 9.73. The van der Waals surface area contributed by atoms with E-state index >= 15 is 0 Å². The summed E-state index contributed by atoms with van der Waals surface area (Å²) in [6.07, 6.45) is 1.66. The molecule has 1 fully saturated rings. The summed E-state index contributed by atoms with van der Waals surface area (Å²) in [6, 6.07) is 7.65. The number of aliphatic hydroxyl groups is 1. The van der Waals surface area contributed by atoms with Crippen LogP contribution in [0.3, 0.4) is 0 Å². The van der Waals surface area contributed by atoms with E-state index in [1.54, 1.807) is 30.3 Å². The summed E-state index contributed by atoms with van der Waals surface area (Å²) < 4.78 is 31.0. The normalized spacial score (nSPS) is 15.7. The molecule has 1 aliphatic heterocycles. The zero-order valence-electron chi connectivity index (χ0n) is 21.1. The molecule has 3 amide bonds. The molecule has 1 aliphatic rings. The van der Waals surface area contributed by atoms with Crippen LogP contribution in [0.5, 0.6) is 0 Å². The lowest BCUT2D eigenvalue weighted by molar-refractivity contribution is -0.118. The monoisotopic (exact) mass is 545 g/mol. The molecule has 1 saturated heterocycles. The predicted molar refractivity (Wildman–Crippen MR) is 143 cm³/mol. The molecule has 204 valence electrons. The third-order valence-corrected chi connectivity index (χ3v) is 7.03. The van der Waals surface area contributed by atoms with Gasteiger partial charge in [0.15, 0.2) is 15.7 Å². The van der Waals surface area contributed by atoms with Gasteiger partial charge >= 0.3 is 6.03 Å². The van der Waals surface area contributed by atoms with Gasteiger partial charge in [0.1, 0.15) is 11.7 Å². The number of sulfone groups is 1. The highest BCUT2D eigenvalue weighted by atomic mass is 32.2. The van der Waals surface area contributed by atoms with Crippen molar-refractivity contribution in [2.75, 3.05) is 42.3 Å². The smallest absolute Gasteiger partial charge is 0.324 e. The second-order valence-corrected chi connectivity index (χ2v) is 10.8. The Bertz CT molecular complexity index is 1300. The Balaban J connectivity index is 1.85. The van der Waals surface area contributed by atoms with E-state index in [9.17, 15) is 18.0 Å². The van der Waals surface area contributed by atoms with Gasteiger partial charge in [0.05, 0.1) is 42.7 Å². The largest absolute Gasteiger partial charge is 0.515 e. The highest BCUT2D eigenvalue weighted by molar-refractivity contribution is 7.90. The molecule has 1 aromatic heterocycles. The predicted octanol–water partition coefficient (Wildman–Crippen LogP) is 1.59. The molecule has 3 rings (SSSR count). The minimum atomic E-state index is -3.57.